The largest absolute Gasteiger partial charge is 0.380 e. The number of rotatable bonds is 3. The Labute approximate surface area is 116 Å². The fourth-order valence-electron chi connectivity index (χ4n) is 2.26. The molecule has 0 saturated carbocycles. The molecular formula is C17H24O2. The Bertz CT molecular complexity index is 503. The van der Waals surface area contributed by atoms with Gasteiger partial charge in [-0.15, -0.1) is 6.42 Å². The first-order valence-corrected chi connectivity index (χ1v) is 6.47. The van der Waals surface area contributed by atoms with Crippen LogP contribution in [-0.2, 0) is 16.9 Å². The molecule has 1 rings (SSSR count). The van der Waals surface area contributed by atoms with Gasteiger partial charge in [-0.2, -0.15) is 0 Å². The minimum Gasteiger partial charge on any atom is -0.380 e. The van der Waals surface area contributed by atoms with Crippen LogP contribution in [0.1, 0.15) is 43.0 Å². The summed E-state index contributed by atoms with van der Waals surface area (Å²) in [5.41, 5.74) is 2.25. The van der Waals surface area contributed by atoms with Crippen molar-refractivity contribution in [2.75, 3.05) is 7.11 Å². The van der Waals surface area contributed by atoms with Gasteiger partial charge in [0.05, 0.1) is 6.61 Å². The van der Waals surface area contributed by atoms with E-state index in [9.17, 15) is 5.11 Å². The van der Waals surface area contributed by atoms with Crippen molar-refractivity contribution in [2.45, 2.75) is 46.8 Å². The molecule has 104 valence electrons. The van der Waals surface area contributed by atoms with Crippen LogP contribution in [0, 0.1) is 31.6 Å². The molecule has 0 heterocycles. The molecule has 0 radical (unpaired) electrons. The van der Waals surface area contributed by atoms with E-state index in [0.29, 0.717) is 6.61 Å². The second kappa shape index (κ2) is 5.36. The third-order valence-electron chi connectivity index (χ3n) is 3.72. The number of aliphatic hydroxyl groups is 1. The van der Waals surface area contributed by atoms with Crippen LogP contribution < -0.4 is 0 Å². The average molecular weight is 260 g/mol. The molecule has 1 aromatic carbocycles. The van der Waals surface area contributed by atoms with Crippen LogP contribution in [0.3, 0.4) is 0 Å². The van der Waals surface area contributed by atoms with Gasteiger partial charge in [-0.1, -0.05) is 32.8 Å². The Morgan fingerprint density at radius 3 is 2.26 bits per heavy atom. The number of ether oxygens (including phenoxy) is 1. The SMILES string of the molecule is C#CC(O)(c1cc(COC)cc(C)c1C)C(C)(C)C. The van der Waals surface area contributed by atoms with Crippen molar-refractivity contribution < 1.29 is 9.84 Å². The highest BCUT2D eigenvalue weighted by atomic mass is 16.5. The zero-order valence-corrected chi connectivity index (χ0v) is 12.8. The van der Waals surface area contributed by atoms with E-state index in [1.165, 1.54) is 0 Å². The van der Waals surface area contributed by atoms with E-state index in [4.69, 9.17) is 11.2 Å². The van der Waals surface area contributed by atoms with Crippen molar-refractivity contribution in [3.8, 4) is 12.3 Å². The molecule has 1 aromatic rings. The third kappa shape index (κ3) is 2.83. The summed E-state index contributed by atoms with van der Waals surface area (Å²) in [7, 11) is 1.66. The number of methoxy groups -OCH3 is 1. The monoisotopic (exact) mass is 260 g/mol. The predicted molar refractivity (Wildman–Crippen MR) is 78.8 cm³/mol. The molecule has 0 aliphatic heterocycles. The highest BCUT2D eigenvalue weighted by molar-refractivity contribution is 5.45. The van der Waals surface area contributed by atoms with Crippen LogP contribution in [0.25, 0.3) is 0 Å². The number of aryl methyl sites for hydroxylation is 1. The molecular weight excluding hydrogens is 236 g/mol. The maximum absolute atomic E-state index is 10.9. The summed E-state index contributed by atoms with van der Waals surface area (Å²) < 4.78 is 5.18. The molecule has 0 bridgehead atoms. The molecule has 0 saturated heterocycles. The second-order valence-corrected chi connectivity index (χ2v) is 6.12. The zero-order valence-electron chi connectivity index (χ0n) is 12.8. The maximum atomic E-state index is 10.9. The maximum Gasteiger partial charge on any atom is 0.155 e. The van der Waals surface area contributed by atoms with Crippen LogP contribution in [0.5, 0.6) is 0 Å². The third-order valence-corrected chi connectivity index (χ3v) is 3.72. The van der Waals surface area contributed by atoms with E-state index < -0.39 is 11.0 Å². The number of hydrogen-bond acceptors (Lipinski definition) is 2. The molecule has 2 heteroatoms. The van der Waals surface area contributed by atoms with Crippen molar-refractivity contribution in [2.24, 2.45) is 5.41 Å². The van der Waals surface area contributed by atoms with Crippen molar-refractivity contribution in [1.82, 2.24) is 0 Å². The molecule has 1 atom stereocenters. The second-order valence-electron chi connectivity index (χ2n) is 6.12. The van der Waals surface area contributed by atoms with Crippen LogP contribution >= 0.6 is 0 Å². The van der Waals surface area contributed by atoms with E-state index in [0.717, 1.165) is 22.3 Å². The van der Waals surface area contributed by atoms with Crippen LogP contribution in [-0.4, -0.2) is 12.2 Å². The zero-order chi connectivity index (χ0) is 14.8. The lowest BCUT2D eigenvalue weighted by Crippen LogP contribution is -2.39. The van der Waals surface area contributed by atoms with Gasteiger partial charge >= 0.3 is 0 Å². The smallest absolute Gasteiger partial charge is 0.155 e. The lowest BCUT2D eigenvalue weighted by Gasteiger charge is -2.38. The summed E-state index contributed by atoms with van der Waals surface area (Å²) in [6.07, 6.45) is 5.64. The highest BCUT2D eigenvalue weighted by Crippen LogP contribution is 2.41. The Kier molecular flexibility index (Phi) is 4.45. The number of terminal acetylenes is 1. The van der Waals surface area contributed by atoms with Crippen molar-refractivity contribution >= 4 is 0 Å². The summed E-state index contributed by atoms with van der Waals surface area (Å²) in [6, 6.07) is 4.03. The molecule has 0 aromatic heterocycles. The quantitative estimate of drug-likeness (QED) is 0.845. The Morgan fingerprint density at radius 1 is 1.26 bits per heavy atom. The highest BCUT2D eigenvalue weighted by Gasteiger charge is 2.41. The number of hydrogen-bond donors (Lipinski definition) is 1. The van der Waals surface area contributed by atoms with E-state index in [2.05, 4.69) is 12.0 Å². The molecule has 2 nitrogen and oxygen atoms in total. The van der Waals surface area contributed by atoms with Gasteiger partial charge in [-0.3, -0.25) is 0 Å². The van der Waals surface area contributed by atoms with E-state index in [1.54, 1.807) is 7.11 Å². The molecule has 0 fully saturated rings. The molecule has 0 spiro atoms. The van der Waals surface area contributed by atoms with Crippen molar-refractivity contribution in [1.29, 1.82) is 0 Å². The van der Waals surface area contributed by atoms with Gasteiger partial charge in [0.25, 0.3) is 0 Å². The predicted octanol–water partition coefficient (Wildman–Crippen LogP) is 3.32. The fourth-order valence-corrected chi connectivity index (χ4v) is 2.26. The average Bonchev–Trinajstić information content (AvgIpc) is 2.31. The molecule has 0 amide bonds. The molecule has 0 aliphatic rings. The Morgan fingerprint density at radius 2 is 1.84 bits per heavy atom. The van der Waals surface area contributed by atoms with Gasteiger partial charge in [0.1, 0.15) is 0 Å². The van der Waals surface area contributed by atoms with Crippen molar-refractivity contribution in [3.05, 3.63) is 34.4 Å². The summed E-state index contributed by atoms with van der Waals surface area (Å²) in [6.45, 7) is 10.4. The first-order valence-electron chi connectivity index (χ1n) is 6.47. The molecule has 19 heavy (non-hydrogen) atoms. The Hall–Kier alpha value is -1.30. The normalized spacial score (nSPS) is 14.8. The van der Waals surface area contributed by atoms with Gasteiger partial charge in [-0.25, -0.2) is 0 Å². The van der Waals surface area contributed by atoms with Crippen LogP contribution in [0.2, 0.25) is 0 Å². The fraction of sp³-hybridized carbons (Fsp3) is 0.529. The van der Waals surface area contributed by atoms with Gasteiger partial charge in [-0.05, 0) is 42.2 Å². The van der Waals surface area contributed by atoms with E-state index in [1.807, 2.05) is 40.7 Å². The lowest BCUT2D eigenvalue weighted by molar-refractivity contribution is -0.00957. The van der Waals surface area contributed by atoms with Gasteiger partial charge in [0.2, 0.25) is 0 Å². The summed E-state index contributed by atoms with van der Waals surface area (Å²) in [5, 5.41) is 10.9. The molecule has 0 aliphatic carbocycles. The summed E-state index contributed by atoms with van der Waals surface area (Å²) in [5.74, 6) is 2.59. The van der Waals surface area contributed by atoms with Gasteiger partial charge < -0.3 is 9.84 Å². The summed E-state index contributed by atoms with van der Waals surface area (Å²) >= 11 is 0. The first-order chi connectivity index (χ1) is 8.67. The lowest BCUT2D eigenvalue weighted by atomic mass is 9.71. The van der Waals surface area contributed by atoms with Gasteiger partial charge in [0.15, 0.2) is 5.60 Å². The number of benzene rings is 1. The van der Waals surface area contributed by atoms with Gasteiger partial charge in [0, 0.05) is 12.5 Å². The Balaban J connectivity index is 3.53. The van der Waals surface area contributed by atoms with Crippen molar-refractivity contribution in [3.63, 3.8) is 0 Å². The standard InChI is InChI=1S/C17H24O2/c1-8-17(18,16(4,5)6)15-10-14(11-19-7)9-12(2)13(15)3/h1,9-10,18H,11H2,2-7H3. The molecule has 1 N–H and O–H groups in total. The van der Waals surface area contributed by atoms with E-state index >= 15 is 0 Å². The van der Waals surface area contributed by atoms with Crippen LogP contribution in [0.15, 0.2) is 12.1 Å². The van der Waals surface area contributed by atoms with Crippen LogP contribution in [0.4, 0.5) is 0 Å². The minimum absolute atomic E-state index is 0.440. The molecule has 1 unspecified atom stereocenters. The van der Waals surface area contributed by atoms with E-state index in [-0.39, 0.29) is 0 Å². The summed E-state index contributed by atoms with van der Waals surface area (Å²) in [4.78, 5) is 0. The topological polar surface area (TPSA) is 29.5 Å². The minimum atomic E-state index is -1.29. The first kappa shape index (κ1) is 15.8.